The summed E-state index contributed by atoms with van der Waals surface area (Å²) in [5.74, 6) is 0. The van der Waals surface area contributed by atoms with Crippen LogP contribution in [0, 0.1) is 0 Å². The molecule has 3 heteroatoms. The second-order valence-corrected chi connectivity index (χ2v) is 7.13. The average molecular weight is 316 g/mol. The fourth-order valence-electron chi connectivity index (χ4n) is 4.12. The Morgan fingerprint density at radius 3 is 2.87 bits per heavy atom. The molecule has 0 saturated carbocycles. The molecule has 0 amide bonds. The predicted molar refractivity (Wildman–Crippen MR) is 95.6 cm³/mol. The van der Waals surface area contributed by atoms with Gasteiger partial charge in [0.05, 0.1) is 6.61 Å². The highest BCUT2D eigenvalue weighted by molar-refractivity contribution is 5.31. The van der Waals surface area contributed by atoms with E-state index < -0.39 is 0 Å². The molecule has 1 aromatic rings. The molecule has 0 aromatic heterocycles. The second kappa shape index (κ2) is 8.27. The van der Waals surface area contributed by atoms with Gasteiger partial charge in [-0.2, -0.15) is 0 Å². The average Bonchev–Trinajstić information content (AvgIpc) is 2.58. The molecule has 1 saturated heterocycles. The Morgan fingerprint density at radius 2 is 2.04 bits per heavy atom. The van der Waals surface area contributed by atoms with Gasteiger partial charge in [-0.05, 0) is 56.8 Å². The van der Waals surface area contributed by atoms with Gasteiger partial charge in [-0.3, -0.25) is 4.90 Å². The number of hydrogen-bond acceptors (Lipinski definition) is 3. The van der Waals surface area contributed by atoms with E-state index in [4.69, 9.17) is 4.74 Å². The van der Waals surface area contributed by atoms with Crippen LogP contribution in [0.5, 0.6) is 0 Å². The molecular formula is C20H32N2O. The van der Waals surface area contributed by atoms with E-state index >= 15 is 0 Å². The number of nitrogens with zero attached hydrogens (tertiary/aromatic N) is 2. The van der Waals surface area contributed by atoms with E-state index in [0.29, 0.717) is 6.04 Å². The summed E-state index contributed by atoms with van der Waals surface area (Å²) in [6.07, 6.45) is 7.73. The summed E-state index contributed by atoms with van der Waals surface area (Å²) in [6, 6.07) is 9.54. The molecular weight excluding hydrogens is 284 g/mol. The van der Waals surface area contributed by atoms with Crippen molar-refractivity contribution < 1.29 is 4.74 Å². The number of piperidine rings is 1. The van der Waals surface area contributed by atoms with E-state index in [9.17, 15) is 0 Å². The molecule has 3 rings (SSSR count). The Labute approximate surface area is 141 Å². The second-order valence-electron chi connectivity index (χ2n) is 7.13. The van der Waals surface area contributed by atoms with E-state index in [2.05, 4.69) is 48.0 Å². The van der Waals surface area contributed by atoms with Gasteiger partial charge in [0.25, 0.3) is 0 Å². The first kappa shape index (κ1) is 16.9. The minimum atomic E-state index is 0.161. The first-order valence-electron chi connectivity index (χ1n) is 9.43. The Bertz CT molecular complexity index is 490. The molecule has 0 aliphatic carbocycles. The van der Waals surface area contributed by atoms with Crippen molar-refractivity contribution in [3.63, 3.8) is 0 Å². The van der Waals surface area contributed by atoms with Crippen LogP contribution in [0.2, 0.25) is 0 Å². The summed E-state index contributed by atoms with van der Waals surface area (Å²) in [4.78, 5) is 5.04. The highest BCUT2D eigenvalue weighted by atomic mass is 16.5. The SMILES string of the molecule is CCCN1CCc2ccccc2C1OCCC1CCCCN1C. The summed E-state index contributed by atoms with van der Waals surface area (Å²) >= 11 is 0. The van der Waals surface area contributed by atoms with Gasteiger partial charge < -0.3 is 9.64 Å². The van der Waals surface area contributed by atoms with Crippen molar-refractivity contribution in [2.75, 3.05) is 33.3 Å². The third-order valence-electron chi connectivity index (χ3n) is 5.48. The van der Waals surface area contributed by atoms with Crippen molar-refractivity contribution >= 4 is 0 Å². The Hall–Kier alpha value is -0.900. The Balaban J connectivity index is 1.61. The number of rotatable bonds is 6. The quantitative estimate of drug-likeness (QED) is 0.793. The number of hydrogen-bond donors (Lipinski definition) is 0. The van der Waals surface area contributed by atoms with Crippen LogP contribution >= 0.6 is 0 Å². The molecule has 2 heterocycles. The lowest BCUT2D eigenvalue weighted by atomic mass is 9.97. The number of benzene rings is 1. The number of fused-ring (bicyclic) bond motifs is 1. The summed E-state index contributed by atoms with van der Waals surface area (Å²) < 4.78 is 6.42. The topological polar surface area (TPSA) is 15.7 Å². The minimum absolute atomic E-state index is 0.161. The summed E-state index contributed by atoms with van der Waals surface area (Å²) in [5.41, 5.74) is 2.86. The minimum Gasteiger partial charge on any atom is -0.359 e. The number of ether oxygens (including phenoxy) is 1. The van der Waals surface area contributed by atoms with E-state index in [0.717, 1.165) is 32.5 Å². The zero-order valence-corrected chi connectivity index (χ0v) is 14.8. The van der Waals surface area contributed by atoms with Crippen molar-refractivity contribution in [2.45, 2.75) is 57.7 Å². The van der Waals surface area contributed by atoms with Crippen LogP contribution in [-0.2, 0) is 11.2 Å². The highest BCUT2D eigenvalue weighted by Crippen LogP contribution is 2.31. The maximum absolute atomic E-state index is 6.42. The monoisotopic (exact) mass is 316 g/mol. The van der Waals surface area contributed by atoms with Gasteiger partial charge in [0.2, 0.25) is 0 Å². The van der Waals surface area contributed by atoms with Crippen LogP contribution in [0.4, 0.5) is 0 Å². The molecule has 1 aromatic carbocycles. The van der Waals surface area contributed by atoms with Crippen molar-refractivity contribution in [2.24, 2.45) is 0 Å². The van der Waals surface area contributed by atoms with Gasteiger partial charge in [-0.25, -0.2) is 0 Å². The molecule has 23 heavy (non-hydrogen) atoms. The van der Waals surface area contributed by atoms with E-state index in [-0.39, 0.29) is 6.23 Å². The maximum Gasteiger partial charge on any atom is 0.137 e. The van der Waals surface area contributed by atoms with Gasteiger partial charge in [-0.1, -0.05) is 37.6 Å². The molecule has 2 aliphatic rings. The zero-order valence-electron chi connectivity index (χ0n) is 14.8. The van der Waals surface area contributed by atoms with Crippen molar-refractivity contribution in [1.29, 1.82) is 0 Å². The van der Waals surface area contributed by atoms with E-state index in [1.165, 1.54) is 43.4 Å². The van der Waals surface area contributed by atoms with Crippen molar-refractivity contribution in [3.05, 3.63) is 35.4 Å². The molecule has 0 spiro atoms. The van der Waals surface area contributed by atoms with Crippen LogP contribution in [-0.4, -0.2) is 49.1 Å². The van der Waals surface area contributed by atoms with Crippen LogP contribution in [0.25, 0.3) is 0 Å². The molecule has 128 valence electrons. The van der Waals surface area contributed by atoms with E-state index in [1.807, 2.05) is 0 Å². The molecule has 3 nitrogen and oxygen atoms in total. The lowest BCUT2D eigenvalue weighted by molar-refractivity contribution is -0.0744. The van der Waals surface area contributed by atoms with Gasteiger partial charge in [-0.15, -0.1) is 0 Å². The molecule has 0 bridgehead atoms. The lowest BCUT2D eigenvalue weighted by Gasteiger charge is -2.38. The lowest BCUT2D eigenvalue weighted by Crippen LogP contribution is -2.39. The zero-order chi connectivity index (χ0) is 16.1. The predicted octanol–water partition coefficient (Wildman–Crippen LogP) is 3.84. The van der Waals surface area contributed by atoms with Crippen LogP contribution in [0.15, 0.2) is 24.3 Å². The van der Waals surface area contributed by atoms with Crippen LogP contribution < -0.4 is 0 Å². The first-order chi connectivity index (χ1) is 11.3. The smallest absolute Gasteiger partial charge is 0.137 e. The summed E-state index contributed by atoms with van der Waals surface area (Å²) in [5, 5.41) is 0. The normalized spacial score (nSPS) is 26.2. The van der Waals surface area contributed by atoms with Gasteiger partial charge in [0, 0.05) is 19.1 Å². The molecule has 2 unspecified atom stereocenters. The molecule has 1 fully saturated rings. The molecule has 2 atom stereocenters. The van der Waals surface area contributed by atoms with Gasteiger partial charge >= 0.3 is 0 Å². The Kier molecular flexibility index (Phi) is 6.09. The van der Waals surface area contributed by atoms with Gasteiger partial charge in [0.1, 0.15) is 6.23 Å². The standard InChI is InChI=1S/C20H32N2O/c1-3-13-22-15-11-17-8-4-5-10-19(17)20(22)23-16-12-18-9-6-7-14-21(18)2/h4-5,8,10,18,20H,3,6-7,9,11-16H2,1-2H3. The van der Waals surface area contributed by atoms with Crippen LogP contribution in [0.3, 0.4) is 0 Å². The third-order valence-corrected chi connectivity index (χ3v) is 5.48. The molecule has 0 N–H and O–H groups in total. The van der Waals surface area contributed by atoms with Crippen LogP contribution in [0.1, 0.15) is 56.4 Å². The largest absolute Gasteiger partial charge is 0.359 e. The first-order valence-corrected chi connectivity index (χ1v) is 9.43. The number of likely N-dealkylation sites (tertiary alicyclic amines) is 1. The summed E-state index contributed by atoms with van der Waals surface area (Å²) in [6.45, 7) is 6.63. The van der Waals surface area contributed by atoms with Gasteiger partial charge in [0.15, 0.2) is 0 Å². The third kappa shape index (κ3) is 4.14. The maximum atomic E-state index is 6.42. The Morgan fingerprint density at radius 1 is 1.17 bits per heavy atom. The highest BCUT2D eigenvalue weighted by Gasteiger charge is 2.27. The molecule has 2 aliphatic heterocycles. The van der Waals surface area contributed by atoms with Crippen molar-refractivity contribution in [3.8, 4) is 0 Å². The molecule has 0 radical (unpaired) electrons. The van der Waals surface area contributed by atoms with E-state index in [1.54, 1.807) is 0 Å². The fourth-order valence-corrected chi connectivity index (χ4v) is 4.12. The van der Waals surface area contributed by atoms with Crippen molar-refractivity contribution in [1.82, 2.24) is 9.80 Å². The summed E-state index contributed by atoms with van der Waals surface area (Å²) in [7, 11) is 2.27. The fraction of sp³-hybridized carbons (Fsp3) is 0.700.